The Morgan fingerprint density at radius 1 is 1.55 bits per heavy atom. The maximum absolute atomic E-state index is 13.4. The molecule has 1 aromatic carbocycles. The SMILES string of the molecule is Cc1nn(C)cc1CNc1cc(F)c(Cl)cc1[N+](=O)[O-]. The molecule has 2 aromatic rings. The molecule has 0 aliphatic heterocycles. The molecule has 0 saturated carbocycles. The molecule has 0 atom stereocenters. The second-order valence-corrected chi connectivity index (χ2v) is 4.71. The highest BCUT2D eigenvalue weighted by atomic mass is 35.5. The van der Waals surface area contributed by atoms with E-state index in [9.17, 15) is 14.5 Å². The first-order valence-corrected chi connectivity index (χ1v) is 6.12. The van der Waals surface area contributed by atoms with E-state index >= 15 is 0 Å². The highest BCUT2D eigenvalue weighted by Gasteiger charge is 2.18. The average Bonchev–Trinajstić information content (AvgIpc) is 2.68. The van der Waals surface area contributed by atoms with E-state index in [1.165, 1.54) is 0 Å². The van der Waals surface area contributed by atoms with Gasteiger partial charge in [0.2, 0.25) is 0 Å². The molecule has 0 unspecified atom stereocenters. The first-order valence-electron chi connectivity index (χ1n) is 5.75. The van der Waals surface area contributed by atoms with Crippen LogP contribution < -0.4 is 5.32 Å². The van der Waals surface area contributed by atoms with Crippen molar-refractivity contribution in [2.45, 2.75) is 13.5 Å². The van der Waals surface area contributed by atoms with Gasteiger partial charge in [-0.3, -0.25) is 14.8 Å². The molecular weight excluding hydrogens is 287 g/mol. The lowest BCUT2D eigenvalue weighted by molar-refractivity contribution is -0.384. The lowest BCUT2D eigenvalue weighted by atomic mass is 10.2. The van der Waals surface area contributed by atoms with Crippen LogP contribution >= 0.6 is 11.6 Å². The van der Waals surface area contributed by atoms with Crippen molar-refractivity contribution in [3.05, 3.63) is 50.5 Å². The standard InChI is InChI=1S/C12H12ClFN4O2/c1-7-8(6-17(2)16-7)5-15-11-4-10(14)9(13)3-12(11)18(19)20/h3-4,6,15H,5H2,1-2H3. The van der Waals surface area contributed by atoms with Gasteiger partial charge in [0.15, 0.2) is 0 Å². The fourth-order valence-corrected chi connectivity index (χ4v) is 2.00. The number of hydrogen-bond donors (Lipinski definition) is 1. The quantitative estimate of drug-likeness (QED) is 0.695. The maximum atomic E-state index is 13.4. The van der Waals surface area contributed by atoms with Crippen LogP contribution in [-0.4, -0.2) is 14.7 Å². The number of nitro groups is 1. The Balaban J connectivity index is 2.27. The normalized spacial score (nSPS) is 10.6. The third-order valence-corrected chi connectivity index (χ3v) is 3.11. The van der Waals surface area contributed by atoms with E-state index in [-0.39, 0.29) is 16.4 Å². The van der Waals surface area contributed by atoms with Gasteiger partial charge in [-0.2, -0.15) is 5.10 Å². The van der Waals surface area contributed by atoms with Crippen LogP contribution in [0.25, 0.3) is 0 Å². The third-order valence-electron chi connectivity index (χ3n) is 2.82. The lowest BCUT2D eigenvalue weighted by Crippen LogP contribution is -2.04. The van der Waals surface area contributed by atoms with E-state index in [2.05, 4.69) is 10.4 Å². The highest BCUT2D eigenvalue weighted by molar-refractivity contribution is 6.31. The molecule has 8 heteroatoms. The summed E-state index contributed by atoms with van der Waals surface area (Å²) in [5.41, 5.74) is 1.49. The van der Waals surface area contributed by atoms with Crippen molar-refractivity contribution in [3.63, 3.8) is 0 Å². The number of halogens is 2. The van der Waals surface area contributed by atoms with Crippen molar-refractivity contribution in [1.29, 1.82) is 0 Å². The molecule has 1 aromatic heterocycles. The topological polar surface area (TPSA) is 73.0 Å². The van der Waals surface area contributed by atoms with Gasteiger partial charge >= 0.3 is 0 Å². The summed E-state index contributed by atoms with van der Waals surface area (Å²) in [5, 5.41) is 17.7. The first kappa shape index (κ1) is 14.3. The van der Waals surface area contributed by atoms with Crippen LogP contribution in [0.3, 0.4) is 0 Å². The fraction of sp³-hybridized carbons (Fsp3) is 0.250. The minimum Gasteiger partial charge on any atom is -0.375 e. The number of anilines is 1. The predicted octanol–water partition coefficient (Wildman–Crippen LogP) is 3.04. The van der Waals surface area contributed by atoms with Crippen LogP contribution in [0.2, 0.25) is 5.02 Å². The molecule has 1 heterocycles. The zero-order valence-corrected chi connectivity index (χ0v) is 11.6. The van der Waals surface area contributed by atoms with E-state index in [0.717, 1.165) is 23.4 Å². The van der Waals surface area contributed by atoms with Crippen molar-refractivity contribution < 1.29 is 9.31 Å². The van der Waals surface area contributed by atoms with Crippen LogP contribution in [0, 0.1) is 22.9 Å². The van der Waals surface area contributed by atoms with Crippen molar-refractivity contribution in [3.8, 4) is 0 Å². The molecule has 106 valence electrons. The number of rotatable bonds is 4. The van der Waals surface area contributed by atoms with E-state index < -0.39 is 10.7 Å². The van der Waals surface area contributed by atoms with Crippen molar-refractivity contribution in [2.75, 3.05) is 5.32 Å². The van der Waals surface area contributed by atoms with E-state index in [4.69, 9.17) is 11.6 Å². The Hall–Kier alpha value is -2.15. The molecule has 0 spiro atoms. The molecule has 0 amide bonds. The number of aryl methyl sites for hydroxylation is 2. The number of nitro benzene ring substituents is 1. The summed E-state index contributed by atoms with van der Waals surface area (Å²) in [6.45, 7) is 2.13. The zero-order valence-electron chi connectivity index (χ0n) is 10.9. The van der Waals surface area contributed by atoms with Crippen molar-refractivity contribution in [1.82, 2.24) is 9.78 Å². The molecule has 0 bridgehead atoms. The van der Waals surface area contributed by atoms with Gasteiger partial charge in [-0.1, -0.05) is 11.6 Å². The van der Waals surface area contributed by atoms with Gasteiger partial charge in [-0.05, 0) is 6.92 Å². The van der Waals surface area contributed by atoms with Crippen LogP contribution in [0.4, 0.5) is 15.8 Å². The number of aromatic nitrogens is 2. The van der Waals surface area contributed by atoms with Gasteiger partial charge < -0.3 is 5.32 Å². The van der Waals surface area contributed by atoms with Gasteiger partial charge in [0.1, 0.15) is 11.5 Å². The summed E-state index contributed by atoms with van der Waals surface area (Å²) in [4.78, 5) is 10.3. The lowest BCUT2D eigenvalue weighted by Gasteiger charge is -2.07. The minimum atomic E-state index is -0.706. The summed E-state index contributed by atoms with van der Waals surface area (Å²) in [5.74, 6) is -0.706. The summed E-state index contributed by atoms with van der Waals surface area (Å²) in [6, 6.07) is 2.02. The molecular formula is C12H12ClFN4O2. The van der Waals surface area contributed by atoms with Crippen molar-refractivity contribution in [2.24, 2.45) is 7.05 Å². The Morgan fingerprint density at radius 3 is 2.80 bits per heavy atom. The fourth-order valence-electron chi connectivity index (χ4n) is 1.84. The first-order chi connectivity index (χ1) is 9.38. The zero-order chi connectivity index (χ0) is 14.9. The average molecular weight is 299 g/mol. The maximum Gasteiger partial charge on any atom is 0.294 e. The molecule has 0 fully saturated rings. The Bertz CT molecular complexity index is 672. The molecule has 6 nitrogen and oxygen atoms in total. The highest BCUT2D eigenvalue weighted by Crippen LogP contribution is 2.30. The Kier molecular flexibility index (Phi) is 3.89. The van der Waals surface area contributed by atoms with Gasteiger partial charge in [-0.25, -0.2) is 4.39 Å². The van der Waals surface area contributed by atoms with Crippen LogP contribution in [0.1, 0.15) is 11.3 Å². The molecule has 1 N–H and O–H groups in total. The second kappa shape index (κ2) is 5.46. The van der Waals surface area contributed by atoms with Crippen LogP contribution in [0.5, 0.6) is 0 Å². The van der Waals surface area contributed by atoms with Gasteiger partial charge in [0, 0.05) is 37.5 Å². The van der Waals surface area contributed by atoms with Gasteiger partial charge in [0.05, 0.1) is 15.6 Å². The molecule has 2 rings (SSSR count). The summed E-state index contributed by atoms with van der Waals surface area (Å²) >= 11 is 5.56. The second-order valence-electron chi connectivity index (χ2n) is 4.31. The van der Waals surface area contributed by atoms with E-state index in [1.807, 2.05) is 6.92 Å². The number of nitrogens with one attached hydrogen (secondary N) is 1. The monoisotopic (exact) mass is 298 g/mol. The van der Waals surface area contributed by atoms with Gasteiger partial charge in [-0.15, -0.1) is 0 Å². The smallest absolute Gasteiger partial charge is 0.294 e. The molecule has 0 aliphatic rings. The molecule has 0 saturated heterocycles. The number of benzene rings is 1. The number of nitrogens with zero attached hydrogens (tertiary/aromatic N) is 3. The van der Waals surface area contributed by atoms with Crippen LogP contribution in [-0.2, 0) is 13.6 Å². The Labute approximate surface area is 119 Å². The summed E-state index contributed by atoms with van der Waals surface area (Å²) < 4.78 is 15.1. The van der Waals surface area contributed by atoms with Gasteiger partial charge in [0.25, 0.3) is 5.69 Å². The van der Waals surface area contributed by atoms with Crippen molar-refractivity contribution >= 4 is 23.0 Å². The van der Waals surface area contributed by atoms with Crippen LogP contribution in [0.15, 0.2) is 18.3 Å². The number of hydrogen-bond acceptors (Lipinski definition) is 4. The summed E-state index contributed by atoms with van der Waals surface area (Å²) in [7, 11) is 1.78. The molecule has 0 radical (unpaired) electrons. The van der Waals surface area contributed by atoms with E-state index in [1.54, 1.807) is 17.9 Å². The molecule has 20 heavy (non-hydrogen) atoms. The predicted molar refractivity (Wildman–Crippen MR) is 73.3 cm³/mol. The van der Waals surface area contributed by atoms with E-state index in [0.29, 0.717) is 6.54 Å². The Morgan fingerprint density at radius 2 is 2.25 bits per heavy atom. The largest absolute Gasteiger partial charge is 0.375 e. The third kappa shape index (κ3) is 2.88. The minimum absolute atomic E-state index is 0.0835. The summed E-state index contributed by atoms with van der Waals surface area (Å²) in [6.07, 6.45) is 1.79. The molecule has 0 aliphatic carbocycles.